The highest BCUT2D eigenvalue weighted by Crippen LogP contribution is 2.09. The Balaban J connectivity index is 2.09. The van der Waals surface area contributed by atoms with Crippen LogP contribution in [-0.4, -0.2) is 23.4 Å². The molecule has 78 valence electrons. The quantitative estimate of drug-likeness (QED) is 0.732. The second kappa shape index (κ2) is 3.73. The van der Waals surface area contributed by atoms with E-state index < -0.39 is 0 Å². The molecule has 3 amide bonds. The summed E-state index contributed by atoms with van der Waals surface area (Å²) in [5.41, 5.74) is 2.19. The molecular weight excluding hydrogens is 192 g/mol. The molecule has 1 aromatic carbocycles. The van der Waals surface area contributed by atoms with Gasteiger partial charge in [0.1, 0.15) is 6.54 Å². The molecule has 0 aromatic heterocycles. The van der Waals surface area contributed by atoms with Crippen molar-refractivity contribution in [3.8, 4) is 0 Å². The van der Waals surface area contributed by atoms with E-state index in [9.17, 15) is 9.59 Å². The average Bonchev–Trinajstić information content (AvgIpc) is 2.45. The van der Waals surface area contributed by atoms with Crippen LogP contribution in [0.25, 0.3) is 0 Å². The number of carbonyl (C=O) groups excluding carboxylic acids is 2. The van der Waals surface area contributed by atoms with E-state index in [-0.39, 0.29) is 18.5 Å². The molecule has 4 nitrogen and oxygen atoms in total. The largest absolute Gasteiger partial charge is 0.324 e. The predicted octanol–water partition coefficient (Wildman–Crippen LogP) is 1.05. The van der Waals surface area contributed by atoms with Crippen LogP contribution in [0, 0.1) is 6.92 Å². The van der Waals surface area contributed by atoms with Crippen LogP contribution in [0.2, 0.25) is 0 Å². The smallest absolute Gasteiger partial charge is 0.311 e. The summed E-state index contributed by atoms with van der Waals surface area (Å²) in [4.78, 5) is 23.7. The minimum atomic E-state index is -0.304. The van der Waals surface area contributed by atoms with Gasteiger partial charge < -0.3 is 4.90 Å². The SMILES string of the molecule is Cc1cccc(CN2CC(=O)NC2=O)c1. The highest BCUT2D eigenvalue weighted by molar-refractivity contribution is 6.01. The van der Waals surface area contributed by atoms with Gasteiger partial charge in [-0.2, -0.15) is 0 Å². The van der Waals surface area contributed by atoms with E-state index in [2.05, 4.69) is 5.32 Å². The minimum absolute atomic E-state index is 0.159. The lowest BCUT2D eigenvalue weighted by Crippen LogP contribution is -2.27. The molecule has 0 saturated carbocycles. The second-order valence-corrected chi connectivity index (χ2v) is 3.70. The van der Waals surface area contributed by atoms with Crippen molar-refractivity contribution in [3.05, 3.63) is 35.4 Å². The zero-order valence-corrected chi connectivity index (χ0v) is 8.49. The summed E-state index contributed by atoms with van der Waals surface area (Å²) in [6.07, 6.45) is 0. The van der Waals surface area contributed by atoms with Gasteiger partial charge in [0.25, 0.3) is 0 Å². The molecule has 0 atom stereocenters. The Morgan fingerprint density at radius 3 is 2.80 bits per heavy atom. The van der Waals surface area contributed by atoms with Gasteiger partial charge in [0.15, 0.2) is 0 Å². The van der Waals surface area contributed by atoms with Gasteiger partial charge in [0.05, 0.1) is 0 Å². The fourth-order valence-corrected chi connectivity index (χ4v) is 1.64. The maximum Gasteiger partial charge on any atom is 0.324 e. The number of benzene rings is 1. The van der Waals surface area contributed by atoms with Crippen molar-refractivity contribution >= 4 is 11.9 Å². The number of nitrogens with one attached hydrogen (secondary N) is 1. The van der Waals surface area contributed by atoms with Gasteiger partial charge in [-0.05, 0) is 12.5 Å². The van der Waals surface area contributed by atoms with E-state index in [1.54, 1.807) is 0 Å². The molecule has 1 aliphatic rings. The number of aryl methyl sites for hydroxylation is 1. The summed E-state index contributed by atoms with van der Waals surface area (Å²) >= 11 is 0. The first-order valence-corrected chi connectivity index (χ1v) is 4.79. The van der Waals surface area contributed by atoms with Crippen molar-refractivity contribution in [2.24, 2.45) is 0 Å². The molecule has 0 bridgehead atoms. The zero-order chi connectivity index (χ0) is 10.8. The predicted molar refractivity (Wildman–Crippen MR) is 55.1 cm³/mol. The molecule has 1 aliphatic heterocycles. The molecule has 1 heterocycles. The van der Waals surface area contributed by atoms with Crippen molar-refractivity contribution in [1.82, 2.24) is 10.2 Å². The number of urea groups is 1. The lowest BCUT2D eigenvalue weighted by Gasteiger charge is -2.13. The Labute approximate surface area is 87.9 Å². The monoisotopic (exact) mass is 204 g/mol. The highest BCUT2D eigenvalue weighted by Gasteiger charge is 2.26. The Morgan fingerprint density at radius 2 is 2.20 bits per heavy atom. The maximum absolute atomic E-state index is 11.3. The summed E-state index contributed by atoms with van der Waals surface area (Å²) in [6, 6.07) is 7.60. The summed E-state index contributed by atoms with van der Waals surface area (Å²) in [6.45, 7) is 2.64. The van der Waals surface area contributed by atoms with Crippen molar-refractivity contribution in [2.45, 2.75) is 13.5 Å². The van der Waals surface area contributed by atoms with Gasteiger partial charge in [-0.25, -0.2) is 4.79 Å². The zero-order valence-electron chi connectivity index (χ0n) is 8.49. The molecule has 2 rings (SSSR count). The molecule has 15 heavy (non-hydrogen) atoms. The fraction of sp³-hybridized carbons (Fsp3) is 0.273. The molecule has 1 N–H and O–H groups in total. The topological polar surface area (TPSA) is 49.4 Å². The molecule has 1 aromatic rings. The lowest BCUT2D eigenvalue weighted by molar-refractivity contribution is -0.118. The van der Waals surface area contributed by atoms with Gasteiger partial charge in [-0.1, -0.05) is 29.8 Å². The van der Waals surface area contributed by atoms with Crippen molar-refractivity contribution in [1.29, 1.82) is 0 Å². The van der Waals surface area contributed by atoms with Crippen LogP contribution in [0.5, 0.6) is 0 Å². The molecule has 0 spiro atoms. The van der Waals surface area contributed by atoms with Crippen LogP contribution in [0.1, 0.15) is 11.1 Å². The van der Waals surface area contributed by atoms with Crippen molar-refractivity contribution in [2.75, 3.05) is 6.54 Å². The average molecular weight is 204 g/mol. The first-order chi connectivity index (χ1) is 7.15. The number of rotatable bonds is 2. The van der Waals surface area contributed by atoms with Gasteiger partial charge >= 0.3 is 6.03 Å². The van der Waals surface area contributed by atoms with Crippen LogP contribution < -0.4 is 5.32 Å². The maximum atomic E-state index is 11.3. The molecule has 1 saturated heterocycles. The Hall–Kier alpha value is -1.84. The summed E-state index contributed by atoms with van der Waals surface area (Å²) in [5.74, 6) is -0.229. The van der Waals surface area contributed by atoms with Gasteiger partial charge in [-0.15, -0.1) is 0 Å². The molecule has 4 heteroatoms. The van der Waals surface area contributed by atoms with Crippen molar-refractivity contribution < 1.29 is 9.59 Å². The number of carbonyl (C=O) groups is 2. The normalized spacial score (nSPS) is 15.7. The van der Waals surface area contributed by atoms with E-state index in [1.165, 1.54) is 4.90 Å². The van der Waals surface area contributed by atoms with E-state index in [4.69, 9.17) is 0 Å². The molecule has 0 aliphatic carbocycles. The first-order valence-electron chi connectivity index (χ1n) is 4.79. The van der Waals surface area contributed by atoms with Gasteiger partial charge in [0.2, 0.25) is 5.91 Å². The number of hydrogen-bond donors (Lipinski definition) is 1. The van der Waals surface area contributed by atoms with Gasteiger partial charge in [0, 0.05) is 6.54 Å². The summed E-state index contributed by atoms with van der Waals surface area (Å²) in [7, 11) is 0. The lowest BCUT2D eigenvalue weighted by atomic mass is 10.1. The van der Waals surface area contributed by atoms with Crippen LogP contribution in [0.3, 0.4) is 0 Å². The number of amides is 3. The molecular formula is C11H12N2O2. The van der Waals surface area contributed by atoms with E-state index >= 15 is 0 Å². The van der Waals surface area contributed by atoms with E-state index in [0.29, 0.717) is 6.54 Å². The minimum Gasteiger partial charge on any atom is -0.311 e. The van der Waals surface area contributed by atoms with E-state index in [1.807, 2.05) is 31.2 Å². The van der Waals surface area contributed by atoms with Crippen LogP contribution >= 0.6 is 0 Å². The van der Waals surface area contributed by atoms with Gasteiger partial charge in [-0.3, -0.25) is 10.1 Å². The first kappa shape index (κ1) is 9.71. The summed E-state index contributed by atoms with van der Waals surface area (Å²) in [5, 5.41) is 2.25. The third-order valence-corrected chi connectivity index (χ3v) is 2.32. The van der Waals surface area contributed by atoms with Crippen molar-refractivity contribution in [3.63, 3.8) is 0 Å². The highest BCUT2D eigenvalue weighted by atomic mass is 16.2. The Bertz CT molecular complexity index is 415. The number of imide groups is 1. The second-order valence-electron chi connectivity index (χ2n) is 3.70. The van der Waals surface area contributed by atoms with Crippen LogP contribution in [0.15, 0.2) is 24.3 Å². The van der Waals surface area contributed by atoms with Crippen LogP contribution in [0.4, 0.5) is 4.79 Å². The third-order valence-electron chi connectivity index (χ3n) is 2.32. The van der Waals surface area contributed by atoms with Crippen LogP contribution in [-0.2, 0) is 11.3 Å². The molecule has 1 fully saturated rings. The summed E-state index contributed by atoms with van der Waals surface area (Å²) < 4.78 is 0. The van der Waals surface area contributed by atoms with E-state index in [0.717, 1.165) is 11.1 Å². The number of hydrogen-bond acceptors (Lipinski definition) is 2. The number of nitrogens with zero attached hydrogens (tertiary/aromatic N) is 1. The molecule has 0 radical (unpaired) electrons. The standard InChI is InChI=1S/C11H12N2O2/c1-8-3-2-4-9(5-8)6-13-7-10(14)12-11(13)15/h2-5H,6-7H2,1H3,(H,12,14,15). The Kier molecular flexibility index (Phi) is 2.41. The molecule has 0 unspecified atom stereocenters. The Morgan fingerprint density at radius 1 is 1.40 bits per heavy atom. The third kappa shape index (κ3) is 2.15. The fourth-order valence-electron chi connectivity index (χ4n) is 1.64.